The van der Waals surface area contributed by atoms with Crippen LogP contribution in [0.4, 0.5) is 5.69 Å². The molecule has 0 atom stereocenters. The Balaban J connectivity index is 1.68. The van der Waals surface area contributed by atoms with E-state index in [1.54, 1.807) is 0 Å². The number of hydrogen-bond acceptors (Lipinski definition) is 3. The molecule has 3 rings (SSSR count). The minimum atomic E-state index is 0.917. The smallest absolute Gasteiger partial charge is 0.0633 e. The summed E-state index contributed by atoms with van der Waals surface area (Å²) in [6, 6.07) is 20.9. The molecular weight excluding hydrogens is 306 g/mol. The van der Waals surface area contributed by atoms with E-state index in [2.05, 4.69) is 59.2 Å². The van der Waals surface area contributed by atoms with Gasteiger partial charge in [0.05, 0.1) is 11.4 Å². The molecule has 25 heavy (non-hydrogen) atoms. The summed E-state index contributed by atoms with van der Waals surface area (Å²) in [7, 11) is 0. The predicted octanol–water partition coefficient (Wildman–Crippen LogP) is 4.23. The Labute approximate surface area is 152 Å². The van der Waals surface area contributed by atoms with Crippen LogP contribution in [0.25, 0.3) is 0 Å². The predicted molar refractivity (Wildman–Crippen MR) is 107 cm³/mol. The molecule has 0 spiro atoms. The van der Waals surface area contributed by atoms with E-state index >= 15 is 0 Å². The number of para-hydroxylation sites is 1. The molecule has 1 aliphatic heterocycles. The highest BCUT2D eigenvalue weighted by atomic mass is 15.3. The highest BCUT2D eigenvalue weighted by Crippen LogP contribution is 2.15. The van der Waals surface area contributed by atoms with Gasteiger partial charge in [0.25, 0.3) is 0 Å². The van der Waals surface area contributed by atoms with E-state index in [1.165, 1.54) is 38.0 Å². The van der Waals surface area contributed by atoms with E-state index in [1.807, 2.05) is 18.2 Å². The van der Waals surface area contributed by atoms with Crippen LogP contribution in [0, 0.1) is 0 Å². The minimum absolute atomic E-state index is 0.917. The average molecular weight is 335 g/mol. The second-order valence-corrected chi connectivity index (χ2v) is 6.73. The van der Waals surface area contributed by atoms with E-state index in [0.717, 1.165) is 31.0 Å². The maximum absolute atomic E-state index is 4.95. The molecule has 1 heterocycles. The second-order valence-electron chi connectivity index (χ2n) is 6.73. The van der Waals surface area contributed by atoms with Gasteiger partial charge in [0.15, 0.2) is 0 Å². The third kappa shape index (κ3) is 5.52. The van der Waals surface area contributed by atoms with Gasteiger partial charge in [-0.15, -0.1) is 0 Å². The van der Waals surface area contributed by atoms with Crippen molar-refractivity contribution in [1.29, 1.82) is 0 Å². The van der Waals surface area contributed by atoms with E-state index < -0.39 is 0 Å². The monoisotopic (exact) mass is 335 g/mol. The standard InChI is InChI=1S/C22H29N3/c1-2-3-14-24-15-17-25(18-16-24)19-22(20-10-6-4-7-11-20)23-21-12-8-5-9-13-21/h4-13H,2-3,14-19H2,1H3. The summed E-state index contributed by atoms with van der Waals surface area (Å²) in [6.07, 6.45) is 2.59. The molecule has 2 aromatic rings. The van der Waals surface area contributed by atoms with Crippen LogP contribution in [0.15, 0.2) is 65.7 Å². The fourth-order valence-electron chi connectivity index (χ4n) is 3.24. The molecule has 0 aliphatic carbocycles. The highest BCUT2D eigenvalue weighted by molar-refractivity contribution is 6.03. The van der Waals surface area contributed by atoms with Gasteiger partial charge in [0.1, 0.15) is 0 Å². The van der Waals surface area contributed by atoms with Gasteiger partial charge in [-0.1, -0.05) is 61.9 Å². The van der Waals surface area contributed by atoms with Gasteiger partial charge in [-0.05, 0) is 30.7 Å². The highest BCUT2D eigenvalue weighted by Gasteiger charge is 2.18. The maximum atomic E-state index is 4.95. The topological polar surface area (TPSA) is 18.8 Å². The molecule has 0 unspecified atom stereocenters. The van der Waals surface area contributed by atoms with Crippen LogP contribution < -0.4 is 0 Å². The Bertz CT molecular complexity index is 643. The quantitative estimate of drug-likeness (QED) is 0.705. The fourth-order valence-corrected chi connectivity index (χ4v) is 3.24. The van der Waals surface area contributed by atoms with Gasteiger partial charge in [0.2, 0.25) is 0 Å². The van der Waals surface area contributed by atoms with Crippen LogP contribution in [0.2, 0.25) is 0 Å². The summed E-state index contributed by atoms with van der Waals surface area (Å²) in [5.74, 6) is 0. The summed E-state index contributed by atoms with van der Waals surface area (Å²) in [6.45, 7) is 9.03. The van der Waals surface area contributed by atoms with Crippen molar-refractivity contribution in [3.05, 3.63) is 66.2 Å². The minimum Gasteiger partial charge on any atom is -0.301 e. The second kappa shape index (κ2) is 9.50. The lowest BCUT2D eigenvalue weighted by atomic mass is 10.1. The SMILES string of the molecule is CCCCN1CCN(CC(=Nc2ccccc2)c2ccccc2)CC1. The molecule has 1 aliphatic rings. The number of piperazine rings is 1. The number of hydrogen-bond donors (Lipinski definition) is 0. The molecule has 0 amide bonds. The van der Waals surface area contributed by atoms with Gasteiger partial charge in [-0.25, -0.2) is 0 Å². The molecular formula is C22H29N3. The lowest BCUT2D eigenvalue weighted by Gasteiger charge is -2.34. The zero-order valence-electron chi connectivity index (χ0n) is 15.3. The Morgan fingerprint density at radius 1 is 0.840 bits per heavy atom. The molecule has 1 fully saturated rings. The zero-order valence-corrected chi connectivity index (χ0v) is 15.3. The Kier molecular flexibility index (Phi) is 6.78. The van der Waals surface area contributed by atoms with Gasteiger partial charge < -0.3 is 4.90 Å². The van der Waals surface area contributed by atoms with Crippen LogP contribution in [-0.2, 0) is 0 Å². The van der Waals surface area contributed by atoms with E-state index in [9.17, 15) is 0 Å². The third-order valence-electron chi connectivity index (χ3n) is 4.79. The molecule has 0 aromatic heterocycles. The van der Waals surface area contributed by atoms with Crippen LogP contribution in [-0.4, -0.2) is 54.8 Å². The van der Waals surface area contributed by atoms with Gasteiger partial charge in [0, 0.05) is 32.7 Å². The summed E-state index contributed by atoms with van der Waals surface area (Å²) < 4.78 is 0. The summed E-state index contributed by atoms with van der Waals surface area (Å²) in [5.41, 5.74) is 3.41. The summed E-state index contributed by atoms with van der Waals surface area (Å²) >= 11 is 0. The Hall–Kier alpha value is -1.97. The van der Waals surface area contributed by atoms with Crippen LogP contribution >= 0.6 is 0 Å². The normalized spacial score (nSPS) is 16.9. The van der Waals surface area contributed by atoms with E-state index in [4.69, 9.17) is 4.99 Å². The van der Waals surface area contributed by atoms with E-state index in [-0.39, 0.29) is 0 Å². The molecule has 0 bridgehead atoms. The van der Waals surface area contributed by atoms with Crippen molar-refractivity contribution < 1.29 is 0 Å². The Morgan fingerprint density at radius 3 is 2.08 bits per heavy atom. The van der Waals surface area contributed by atoms with Crippen LogP contribution in [0.5, 0.6) is 0 Å². The molecule has 1 saturated heterocycles. The van der Waals surface area contributed by atoms with Crippen molar-refractivity contribution in [2.75, 3.05) is 39.3 Å². The van der Waals surface area contributed by atoms with Crippen molar-refractivity contribution in [2.24, 2.45) is 4.99 Å². The lowest BCUT2D eigenvalue weighted by Crippen LogP contribution is -2.48. The zero-order chi connectivity index (χ0) is 17.3. The molecule has 0 N–H and O–H groups in total. The molecule has 2 aromatic carbocycles. The number of aliphatic imine (C=N–C) groups is 1. The number of unbranched alkanes of at least 4 members (excludes halogenated alkanes) is 1. The summed E-state index contributed by atoms with van der Waals surface area (Å²) in [4.78, 5) is 10.1. The first-order chi connectivity index (χ1) is 12.3. The van der Waals surface area contributed by atoms with Crippen LogP contribution in [0.1, 0.15) is 25.3 Å². The fraction of sp³-hybridized carbons (Fsp3) is 0.409. The van der Waals surface area contributed by atoms with Crippen molar-refractivity contribution in [2.45, 2.75) is 19.8 Å². The van der Waals surface area contributed by atoms with Gasteiger partial charge in [-0.3, -0.25) is 9.89 Å². The van der Waals surface area contributed by atoms with Gasteiger partial charge >= 0.3 is 0 Å². The van der Waals surface area contributed by atoms with E-state index in [0.29, 0.717) is 0 Å². The van der Waals surface area contributed by atoms with Crippen molar-refractivity contribution >= 4 is 11.4 Å². The van der Waals surface area contributed by atoms with Gasteiger partial charge in [-0.2, -0.15) is 0 Å². The summed E-state index contributed by atoms with van der Waals surface area (Å²) in [5, 5.41) is 0. The molecule has 0 radical (unpaired) electrons. The number of nitrogens with zero attached hydrogens (tertiary/aromatic N) is 3. The average Bonchev–Trinajstić information content (AvgIpc) is 2.68. The molecule has 0 saturated carbocycles. The first kappa shape index (κ1) is 17.8. The first-order valence-electron chi connectivity index (χ1n) is 9.48. The van der Waals surface area contributed by atoms with Crippen molar-refractivity contribution in [3.63, 3.8) is 0 Å². The first-order valence-corrected chi connectivity index (χ1v) is 9.48. The van der Waals surface area contributed by atoms with Crippen molar-refractivity contribution in [1.82, 2.24) is 9.80 Å². The molecule has 3 nitrogen and oxygen atoms in total. The molecule has 132 valence electrons. The number of benzene rings is 2. The Morgan fingerprint density at radius 2 is 1.44 bits per heavy atom. The molecule has 3 heteroatoms. The third-order valence-corrected chi connectivity index (χ3v) is 4.79. The lowest BCUT2D eigenvalue weighted by molar-refractivity contribution is 0.144. The van der Waals surface area contributed by atoms with Crippen LogP contribution in [0.3, 0.4) is 0 Å². The van der Waals surface area contributed by atoms with Crippen molar-refractivity contribution in [3.8, 4) is 0 Å². The maximum Gasteiger partial charge on any atom is 0.0633 e. The largest absolute Gasteiger partial charge is 0.301 e. The number of rotatable bonds is 7.